The molecule has 17 nitrogen and oxygen atoms in total. The third-order valence-corrected chi connectivity index (χ3v) is 5.38. The van der Waals surface area contributed by atoms with Gasteiger partial charge in [0, 0.05) is 31.2 Å². The number of aliphatic carboxylic acids is 3. The number of carbonyl (C=O) groups excluding carboxylic acids is 4. The van der Waals surface area contributed by atoms with Gasteiger partial charge in [-0.05, 0) is 26.7 Å². The average Bonchev–Trinajstić information content (AvgIpc) is 3.36. The van der Waals surface area contributed by atoms with E-state index in [0.717, 1.165) is 0 Å². The molecule has 216 valence electrons. The number of aromatic nitrogens is 2. The number of rotatable bonds is 17. The van der Waals surface area contributed by atoms with Crippen molar-refractivity contribution in [1.29, 1.82) is 0 Å². The molecule has 0 fully saturated rings. The van der Waals surface area contributed by atoms with Crippen molar-refractivity contribution in [1.82, 2.24) is 31.2 Å². The molecule has 0 bridgehead atoms. The predicted octanol–water partition coefficient (Wildman–Crippen LogP) is -2.93. The number of carbonyl (C=O) groups is 7. The second kappa shape index (κ2) is 15.7. The van der Waals surface area contributed by atoms with Crippen LogP contribution >= 0.6 is 0 Å². The Hall–Kier alpha value is -4.54. The first-order valence-corrected chi connectivity index (χ1v) is 11.8. The van der Waals surface area contributed by atoms with Crippen LogP contribution in [-0.2, 0) is 40.0 Å². The summed E-state index contributed by atoms with van der Waals surface area (Å²) in [6.45, 7) is 2.53. The Morgan fingerprint density at radius 2 is 1.31 bits per heavy atom. The maximum atomic E-state index is 12.8. The lowest BCUT2D eigenvalue weighted by Gasteiger charge is -2.24. The lowest BCUT2D eigenvalue weighted by Crippen LogP contribution is -2.57. The highest BCUT2D eigenvalue weighted by atomic mass is 16.4. The second-order valence-corrected chi connectivity index (χ2v) is 8.67. The number of hydrogen-bond acceptors (Lipinski definition) is 9. The number of amides is 4. The number of imidazole rings is 1. The first-order valence-electron chi connectivity index (χ1n) is 11.8. The molecule has 0 unspecified atom stereocenters. The van der Waals surface area contributed by atoms with Crippen LogP contribution in [0.25, 0.3) is 0 Å². The first-order chi connectivity index (χ1) is 18.2. The average molecular weight is 556 g/mol. The van der Waals surface area contributed by atoms with Gasteiger partial charge in [-0.25, -0.2) is 9.78 Å². The molecule has 1 aromatic rings. The first kappa shape index (κ1) is 32.5. The number of carboxylic acids is 3. The van der Waals surface area contributed by atoms with Crippen LogP contribution in [0.15, 0.2) is 12.5 Å². The van der Waals surface area contributed by atoms with Gasteiger partial charge in [0.2, 0.25) is 23.6 Å². The van der Waals surface area contributed by atoms with Gasteiger partial charge in [0.05, 0.1) is 12.4 Å². The molecule has 5 atom stereocenters. The van der Waals surface area contributed by atoms with Gasteiger partial charge in [-0.15, -0.1) is 0 Å². The minimum Gasteiger partial charge on any atom is -0.481 e. The van der Waals surface area contributed by atoms with E-state index in [1.807, 2.05) is 0 Å². The second-order valence-electron chi connectivity index (χ2n) is 8.67. The van der Waals surface area contributed by atoms with Gasteiger partial charge in [0.1, 0.15) is 24.2 Å². The minimum atomic E-state index is -1.43. The summed E-state index contributed by atoms with van der Waals surface area (Å²) in [7, 11) is 0. The van der Waals surface area contributed by atoms with Gasteiger partial charge in [0.15, 0.2) is 0 Å². The summed E-state index contributed by atoms with van der Waals surface area (Å²) in [6, 6.07) is -6.47. The third-order valence-electron chi connectivity index (χ3n) is 5.38. The van der Waals surface area contributed by atoms with Gasteiger partial charge < -0.3 is 47.3 Å². The van der Waals surface area contributed by atoms with Crippen LogP contribution in [0, 0.1) is 0 Å². The van der Waals surface area contributed by atoms with Crippen molar-refractivity contribution in [2.75, 3.05) is 0 Å². The van der Waals surface area contributed by atoms with E-state index in [0.29, 0.717) is 5.69 Å². The Kier molecular flexibility index (Phi) is 13.0. The maximum Gasteiger partial charge on any atom is 0.326 e. The van der Waals surface area contributed by atoms with E-state index < -0.39 is 78.2 Å². The van der Waals surface area contributed by atoms with E-state index in [-0.39, 0.29) is 25.7 Å². The molecule has 0 aliphatic carbocycles. The minimum absolute atomic E-state index is 0.109. The number of hydrogen-bond donors (Lipinski definition) is 9. The van der Waals surface area contributed by atoms with Crippen LogP contribution in [-0.4, -0.2) is 97.0 Å². The number of aromatic amines is 1. The fourth-order valence-electron chi connectivity index (χ4n) is 3.12. The van der Waals surface area contributed by atoms with Crippen molar-refractivity contribution in [2.24, 2.45) is 5.73 Å². The Morgan fingerprint density at radius 3 is 1.79 bits per heavy atom. The number of carboxylic acid groups (broad SMARTS) is 3. The van der Waals surface area contributed by atoms with E-state index in [4.69, 9.17) is 15.9 Å². The lowest BCUT2D eigenvalue weighted by atomic mass is 10.1. The van der Waals surface area contributed by atoms with Gasteiger partial charge in [-0.1, -0.05) is 0 Å². The summed E-state index contributed by atoms with van der Waals surface area (Å²) >= 11 is 0. The zero-order valence-corrected chi connectivity index (χ0v) is 21.3. The van der Waals surface area contributed by atoms with Gasteiger partial charge in [-0.2, -0.15) is 0 Å². The summed E-state index contributed by atoms with van der Waals surface area (Å²) < 4.78 is 0. The van der Waals surface area contributed by atoms with Crippen LogP contribution in [0.4, 0.5) is 0 Å². The number of nitrogens with two attached hydrogens (primary N) is 1. The van der Waals surface area contributed by atoms with Crippen molar-refractivity contribution in [3.8, 4) is 0 Å². The van der Waals surface area contributed by atoms with Crippen molar-refractivity contribution < 1.29 is 48.9 Å². The molecule has 0 saturated carbocycles. The van der Waals surface area contributed by atoms with Gasteiger partial charge in [0.25, 0.3) is 0 Å². The molecule has 0 radical (unpaired) electrons. The number of nitrogens with zero attached hydrogens (tertiary/aromatic N) is 1. The Labute approximate surface area is 222 Å². The van der Waals surface area contributed by atoms with Gasteiger partial charge >= 0.3 is 17.9 Å². The van der Waals surface area contributed by atoms with Crippen molar-refractivity contribution >= 4 is 41.5 Å². The quantitative estimate of drug-likeness (QED) is 0.0934. The molecule has 0 spiro atoms. The van der Waals surface area contributed by atoms with Crippen LogP contribution in [0.5, 0.6) is 0 Å². The molecule has 39 heavy (non-hydrogen) atoms. The fourth-order valence-corrected chi connectivity index (χ4v) is 3.12. The van der Waals surface area contributed by atoms with Crippen molar-refractivity contribution in [3.63, 3.8) is 0 Å². The van der Waals surface area contributed by atoms with Crippen LogP contribution in [0.2, 0.25) is 0 Å². The third kappa shape index (κ3) is 12.0. The summed E-state index contributed by atoms with van der Waals surface area (Å²) in [5.41, 5.74) is 6.05. The number of nitrogens with one attached hydrogen (secondary N) is 5. The van der Waals surface area contributed by atoms with E-state index >= 15 is 0 Å². The molecular formula is C22H33N7O10. The van der Waals surface area contributed by atoms with E-state index in [9.17, 15) is 38.7 Å². The number of H-pyrrole nitrogens is 1. The normalized spacial score (nSPS) is 14.5. The smallest absolute Gasteiger partial charge is 0.326 e. The van der Waals surface area contributed by atoms with E-state index in [1.54, 1.807) is 0 Å². The maximum absolute atomic E-state index is 12.8. The molecule has 0 aliphatic heterocycles. The van der Waals surface area contributed by atoms with E-state index in [2.05, 4.69) is 31.2 Å². The molecule has 10 N–H and O–H groups in total. The molecule has 0 aromatic carbocycles. The molecule has 1 heterocycles. The van der Waals surface area contributed by atoms with Crippen molar-refractivity contribution in [2.45, 2.75) is 76.2 Å². The van der Waals surface area contributed by atoms with Crippen LogP contribution in [0.3, 0.4) is 0 Å². The predicted molar refractivity (Wildman–Crippen MR) is 131 cm³/mol. The molecule has 17 heteroatoms. The standard InChI is InChI=1S/C22H33N7O10/c1-10(26-20(36)13(23)3-5-16(30)31)18(34)28-14(4-6-17(32)33)21(37)27-11(2)19(35)29-15(22(38)39)7-12-8-24-9-25-12/h8-11,13-15H,3-7,23H2,1-2H3,(H,24,25)(H,26,36)(H,27,37)(H,28,34)(H,29,35)(H,30,31)(H,32,33)(H,38,39)/t10-,11-,13-,14-,15-/m0/s1. The lowest BCUT2D eigenvalue weighted by molar-refractivity contribution is -0.142. The van der Waals surface area contributed by atoms with Gasteiger partial charge in [-0.3, -0.25) is 28.8 Å². The Morgan fingerprint density at radius 1 is 0.795 bits per heavy atom. The largest absolute Gasteiger partial charge is 0.481 e. The highest BCUT2D eigenvalue weighted by Crippen LogP contribution is 2.03. The Balaban J connectivity index is 2.79. The van der Waals surface area contributed by atoms with Crippen LogP contribution < -0.4 is 27.0 Å². The van der Waals surface area contributed by atoms with E-state index in [1.165, 1.54) is 26.4 Å². The SMILES string of the molecule is C[C@H](NC(=O)[C@H](CCC(=O)O)NC(=O)[C@H](C)NC(=O)[C@@H](N)CCC(=O)O)C(=O)N[C@@H](Cc1cnc[nH]1)C(=O)O. The summed E-state index contributed by atoms with van der Waals surface area (Å²) in [6.07, 6.45) is 1.18. The van der Waals surface area contributed by atoms with Crippen molar-refractivity contribution in [3.05, 3.63) is 18.2 Å². The monoisotopic (exact) mass is 555 g/mol. The Bertz CT molecular complexity index is 1050. The molecular weight excluding hydrogens is 522 g/mol. The fraction of sp³-hybridized carbons (Fsp3) is 0.545. The molecule has 4 amide bonds. The highest BCUT2D eigenvalue weighted by Gasteiger charge is 2.29. The summed E-state index contributed by atoms with van der Waals surface area (Å²) in [5.74, 6) is -7.21. The van der Waals surface area contributed by atoms with Crippen LogP contribution in [0.1, 0.15) is 45.2 Å². The summed E-state index contributed by atoms with van der Waals surface area (Å²) in [5, 5.41) is 36.2. The summed E-state index contributed by atoms with van der Waals surface area (Å²) in [4.78, 5) is 89.7. The molecule has 0 aliphatic rings. The topological polar surface area (TPSA) is 283 Å². The highest BCUT2D eigenvalue weighted by molar-refractivity contribution is 5.95. The molecule has 1 aromatic heterocycles. The zero-order chi connectivity index (χ0) is 29.7. The molecule has 1 rings (SSSR count). The molecule has 0 saturated heterocycles. The zero-order valence-electron chi connectivity index (χ0n) is 21.3.